The van der Waals surface area contributed by atoms with Crippen LogP contribution in [-0.2, 0) is 0 Å². The number of β-amino-alcohol motifs (C(OH)–C–C–N with tert-alkyl or cyclic N) is 1. The van der Waals surface area contributed by atoms with Gasteiger partial charge in [0, 0.05) is 18.0 Å². The third-order valence-corrected chi connectivity index (χ3v) is 5.01. The lowest BCUT2D eigenvalue weighted by atomic mass is 9.79. The fourth-order valence-corrected chi connectivity index (χ4v) is 3.71. The summed E-state index contributed by atoms with van der Waals surface area (Å²) in [6, 6.07) is 3.96. The maximum atomic E-state index is 9.09. The van der Waals surface area contributed by atoms with Crippen LogP contribution in [0.25, 0.3) is 0 Å². The second kappa shape index (κ2) is 9.11. The number of aliphatic hydroxyl groups excluding tert-OH is 1. The quantitative estimate of drug-likeness (QED) is 0.747. The van der Waals surface area contributed by atoms with Crippen molar-refractivity contribution < 1.29 is 19.3 Å². The first-order valence-corrected chi connectivity index (χ1v) is 8.52. The summed E-state index contributed by atoms with van der Waals surface area (Å²) in [6.07, 6.45) is 2.14. The molecule has 0 bridgehead atoms. The van der Waals surface area contributed by atoms with Crippen LogP contribution in [0.15, 0.2) is 12.1 Å². The molecule has 6 nitrogen and oxygen atoms in total. The number of nitrogens with two attached hydrogens (primary N) is 1. The largest absolute Gasteiger partial charge is 0.493 e. The first-order valence-electron chi connectivity index (χ1n) is 8.52. The molecule has 0 spiro atoms. The van der Waals surface area contributed by atoms with E-state index in [0.29, 0.717) is 29.7 Å². The zero-order valence-electron chi connectivity index (χ0n) is 15.0. The fourth-order valence-electron chi connectivity index (χ4n) is 3.71. The SMILES string of the molecule is COc1ccc(C(CN)C2CCN(CCO)CC2)c(OC)c1OC. The first kappa shape index (κ1) is 18.8. The Bertz CT molecular complexity index is 516. The predicted molar refractivity (Wildman–Crippen MR) is 94.1 cm³/mol. The molecule has 0 amide bonds. The van der Waals surface area contributed by atoms with Gasteiger partial charge in [0.05, 0.1) is 27.9 Å². The summed E-state index contributed by atoms with van der Waals surface area (Å²) in [6.45, 7) is 3.53. The Morgan fingerprint density at radius 1 is 1.12 bits per heavy atom. The summed E-state index contributed by atoms with van der Waals surface area (Å²) < 4.78 is 16.5. The highest BCUT2D eigenvalue weighted by molar-refractivity contribution is 5.57. The van der Waals surface area contributed by atoms with Crippen LogP contribution in [-0.4, -0.2) is 64.1 Å². The molecule has 2 rings (SSSR count). The van der Waals surface area contributed by atoms with E-state index in [1.807, 2.05) is 12.1 Å². The van der Waals surface area contributed by atoms with Gasteiger partial charge in [-0.15, -0.1) is 0 Å². The van der Waals surface area contributed by atoms with Gasteiger partial charge in [-0.1, -0.05) is 6.07 Å². The standard InChI is InChI=1S/C18H30N2O4/c1-22-16-5-4-14(17(23-2)18(16)24-3)15(12-19)13-6-8-20(9-7-13)10-11-21/h4-5,13,15,21H,6-12,19H2,1-3H3. The lowest BCUT2D eigenvalue weighted by Crippen LogP contribution is -2.38. The summed E-state index contributed by atoms with van der Waals surface area (Å²) in [4.78, 5) is 2.30. The molecule has 1 aliphatic heterocycles. The van der Waals surface area contributed by atoms with Crippen LogP contribution >= 0.6 is 0 Å². The van der Waals surface area contributed by atoms with Crippen LogP contribution in [0.4, 0.5) is 0 Å². The third kappa shape index (κ3) is 3.94. The highest BCUT2D eigenvalue weighted by Gasteiger charge is 2.30. The number of nitrogens with zero attached hydrogens (tertiary/aromatic N) is 1. The molecule has 24 heavy (non-hydrogen) atoms. The molecule has 1 atom stereocenters. The maximum Gasteiger partial charge on any atom is 0.203 e. The monoisotopic (exact) mass is 338 g/mol. The van der Waals surface area contributed by atoms with Crippen molar-refractivity contribution in [2.45, 2.75) is 18.8 Å². The molecule has 0 radical (unpaired) electrons. The van der Waals surface area contributed by atoms with Crippen molar-refractivity contribution in [3.63, 3.8) is 0 Å². The average Bonchev–Trinajstić information content (AvgIpc) is 2.63. The number of benzene rings is 1. The Balaban J connectivity index is 2.24. The van der Waals surface area contributed by atoms with Crippen molar-refractivity contribution in [3.05, 3.63) is 17.7 Å². The molecule has 1 aliphatic rings. The van der Waals surface area contributed by atoms with E-state index in [9.17, 15) is 0 Å². The van der Waals surface area contributed by atoms with E-state index >= 15 is 0 Å². The maximum absolute atomic E-state index is 9.09. The van der Waals surface area contributed by atoms with Gasteiger partial charge in [-0.2, -0.15) is 0 Å². The smallest absolute Gasteiger partial charge is 0.203 e. The normalized spacial score (nSPS) is 17.5. The Morgan fingerprint density at radius 2 is 1.79 bits per heavy atom. The topological polar surface area (TPSA) is 77.2 Å². The molecule has 0 aliphatic carbocycles. The van der Waals surface area contributed by atoms with E-state index in [-0.39, 0.29) is 12.5 Å². The first-order chi connectivity index (χ1) is 11.7. The molecule has 0 saturated carbocycles. The summed E-state index contributed by atoms with van der Waals surface area (Å²) in [5.74, 6) is 2.71. The van der Waals surface area contributed by atoms with Gasteiger partial charge in [-0.3, -0.25) is 0 Å². The van der Waals surface area contributed by atoms with E-state index in [2.05, 4.69) is 4.90 Å². The minimum atomic E-state index is 0.217. The van der Waals surface area contributed by atoms with Crippen molar-refractivity contribution >= 4 is 0 Å². The van der Waals surface area contributed by atoms with Gasteiger partial charge in [0.2, 0.25) is 5.75 Å². The Labute approximate surface area is 144 Å². The van der Waals surface area contributed by atoms with E-state index in [4.69, 9.17) is 25.1 Å². The molecule has 1 aromatic rings. The fraction of sp³-hybridized carbons (Fsp3) is 0.667. The van der Waals surface area contributed by atoms with Crippen LogP contribution in [0.3, 0.4) is 0 Å². The minimum Gasteiger partial charge on any atom is -0.493 e. The van der Waals surface area contributed by atoms with E-state index in [0.717, 1.165) is 38.0 Å². The molecule has 1 unspecified atom stereocenters. The number of ether oxygens (including phenoxy) is 3. The van der Waals surface area contributed by atoms with Crippen LogP contribution in [0.1, 0.15) is 24.3 Å². The second-order valence-electron chi connectivity index (χ2n) is 6.17. The van der Waals surface area contributed by atoms with Crippen LogP contribution in [0, 0.1) is 5.92 Å². The van der Waals surface area contributed by atoms with Gasteiger partial charge >= 0.3 is 0 Å². The molecule has 1 saturated heterocycles. The molecular weight excluding hydrogens is 308 g/mol. The molecule has 1 aromatic carbocycles. The van der Waals surface area contributed by atoms with Crippen molar-refractivity contribution in [2.24, 2.45) is 11.7 Å². The van der Waals surface area contributed by atoms with E-state index in [1.54, 1.807) is 21.3 Å². The van der Waals surface area contributed by atoms with E-state index < -0.39 is 0 Å². The number of aliphatic hydroxyl groups is 1. The number of rotatable bonds is 8. The average molecular weight is 338 g/mol. The van der Waals surface area contributed by atoms with Gasteiger partial charge in [0.15, 0.2) is 11.5 Å². The number of methoxy groups -OCH3 is 3. The highest BCUT2D eigenvalue weighted by atomic mass is 16.5. The third-order valence-electron chi connectivity index (χ3n) is 5.01. The van der Waals surface area contributed by atoms with Crippen LogP contribution < -0.4 is 19.9 Å². The number of piperidine rings is 1. The van der Waals surface area contributed by atoms with E-state index in [1.165, 1.54) is 0 Å². The highest BCUT2D eigenvalue weighted by Crippen LogP contribution is 2.45. The van der Waals surface area contributed by atoms with Gasteiger partial charge in [0.1, 0.15) is 0 Å². The molecule has 1 fully saturated rings. The van der Waals surface area contributed by atoms with Crippen molar-refractivity contribution in [1.29, 1.82) is 0 Å². The van der Waals surface area contributed by atoms with Crippen molar-refractivity contribution in [1.82, 2.24) is 4.90 Å². The lowest BCUT2D eigenvalue weighted by molar-refractivity contribution is 0.138. The van der Waals surface area contributed by atoms with Gasteiger partial charge in [-0.05, 0) is 44.5 Å². The van der Waals surface area contributed by atoms with Crippen molar-refractivity contribution in [2.75, 3.05) is 54.1 Å². The molecular formula is C18H30N2O4. The Morgan fingerprint density at radius 3 is 2.29 bits per heavy atom. The molecule has 1 heterocycles. The van der Waals surface area contributed by atoms with Gasteiger partial charge in [0.25, 0.3) is 0 Å². The number of hydrogen-bond acceptors (Lipinski definition) is 6. The number of hydrogen-bond donors (Lipinski definition) is 2. The molecule has 136 valence electrons. The van der Waals surface area contributed by atoms with Crippen LogP contribution in [0.5, 0.6) is 17.2 Å². The minimum absolute atomic E-state index is 0.217. The summed E-state index contributed by atoms with van der Waals surface area (Å²) in [5.41, 5.74) is 7.22. The Hall–Kier alpha value is -1.50. The van der Waals surface area contributed by atoms with Gasteiger partial charge < -0.3 is 30.0 Å². The molecule has 3 N–H and O–H groups in total. The second-order valence-corrected chi connectivity index (χ2v) is 6.17. The number of likely N-dealkylation sites (tertiary alicyclic amines) is 1. The van der Waals surface area contributed by atoms with Gasteiger partial charge in [-0.25, -0.2) is 0 Å². The summed E-state index contributed by atoms with van der Waals surface area (Å²) >= 11 is 0. The summed E-state index contributed by atoms with van der Waals surface area (Å²) in [7, 11) is 4.89. The summed E-state index contributed by atoms with van der Waals surface area (Å²) in [5, 5.41) is 9.09. The zero-order valence-corrected chi connectivity index (χ0v) is 15.0. The molecule has 6 heteroatoms. The van der Waals surface area contributed by atoms with Crippen molar-refractivity contribution in [3.8, 4) is 17.2 Å². The van der Waals surface area contributed by atoms with Crippen LogP contribution in [0.2, 0.25) is 0 Å². The Kier molecular flexibility index (Phi) is 7.15. The predicted octanol–water partition coefficient (Wildman–Crippen LogP) is 1.46. The molecule has 0 aromatic heterocycles. The lowest BCUT2D eigenvalue weighted by Gasteiger charge is -2.36. The zero-order chi connectivity index (χ0) is 17.5.